The molecule has 0 amide bonds. The van der Waals surface area contributed by atoms with Gasteiger partial charge in [-0.25, -0.2) is 0 Å². The maximum atomic E-state index is 6.49. The highest BCUT2D eigenvalue weighted by atomic mass is 35.5. The molecule has 1 atom stereocenters. The zero-order valence-electron chi connectivity index (χ0n) is 11.7. The summed E-state index contributed by atoms with van der Waals surface area (Å²) in [5.74, 6) is 0.795. The van der Waals surface area contributed by atoms with Gasteiger partial charge in [0.05, 0.1) is 13.2 Å². The normalized spacial score (nSPS) is 12.3. The molecule has 0 radical (unpaired) electrons. The van der Waals surface area contributed by atoms with E-state index in [1.165, 1.54) is 0 Å². The van der Waals surface area contributed by atoms with Crippen molar-refractivity contribution in [2.75, 3.05) is 7.11 Å². The standard InChI is InChI=1S/C18H16ClNO/c1-21-17-9-5-4-8-15(17)18(20)14-10-11-16(19)13-7-3-2-6-12(13)14/h2-11,18H,20H2,1H3. The zero-order valence-corrected chi connectivity index (χ0v) is 12.5. The fourth-order valence-corrected chi connectivity index (χ4v) is 2.88. The Balaban J connectivity index is 2.18. The number of hydrogen-bond donors (Lipinski definition) is 1. The van der Waals surface area contributed by atoms with Crippen molar-refractivity contribution in [2.24, 2.45) is 5.73 Å². The highest BCUT2D eigenvalue weighted by Gasteiger charge is 2.16. The Labute approximate surface area is 129 Å². The molecule has 0 saturated carbocycles. The number of para-hydroxylation sites is 1. The summed E-state index contributed by atoms with van der Waals surface area (Å²) in [6, 6.07) is 19.5. The number of methoxy groups -OCH3 is 1. The molecule has 0 aliphatic heterocycles. The van der Waals surface area contributed by atoms with Gasteiger partial charge in [-0.05, 0) is 23.1 Å². The number of nitrogens with two attached hydrogens (primary N) is 1. The van der Waals surface area contributed by atoms with Crippen LogP contribution in [0, 0.1) is 0 Å². The first kappa shape index (κ1) is 13.9. The van der Waals surface area contributed by atoms with Gasteiger partial charge in [-0.1, -0.05) is 60.1 Å². The van der Waals surface area contributed by atoms with E-state index in [4.69, 9.17) is 22.1 Å². The number of rotatable bonds is 3. The highest BCUT2D eigenvalue weighted by molar-refractivity contribution is 6.35. The van der Waals surface area contributed by atoms with E-state index in [2.05, 4.69) is 0 Å². The van der Waals surface area contributed by atoms with Crippen LogP contribution in [0.15, 0.2) is 60.7 Å². The number of fused-ring (bicyclic) bond motifs is 1. The predicted molar refractivity (Wildman–Crippen MR) is 88.0 cm³/mol. The summed E-state index contributed by atoms with van der Waals surface area (Å²) >= 11 is 6.27. The van der Waals surface area contributed by atoms with Crippen LogP contribution in [-0.2, 0) is 0 Å². The quantitative estimate of drug-likeness (QED) is 0.770. The molecule has 0 spiro atoms. The van der Waals surface area contributed by atoms with Crippen molar-refractivity contribution in [3.63, 3.8) is 0 Å². The van der Waals surface area contributed by atoms with E-state index in [9.17, 15) is 0 Å². The molecule has 0 saturated heterocycles. The number of hydrogen-bond acceptors (Lipinski definition) is 2. The number of ether oxygens (including phenoxy) is 1. The Morgan fingerprint density at radius 3 is 2.29 bits per heavy atom. The third kappa shape index (κ3) is 2.48. The second kappa shape index (κ2) is 5.76. The monoisotopic (exact) mass is 297 g/mol. The zero-order chi connectivity index (χ0) is 14.8. The van der Waals surface area contributed by atoms with Gasteiger partial charge in [-0.3, -0.25) is 0 Å². The highest BCUT2D eigenvalue weighted by Crippen LogP contribution is 2.34. The maximum Gasteiger partial charge on any atom is 0.123 e. The Morgan fingerprint density at radius 2 is 1.52 bits per heavy atom. The van der Waals surface area contributed by atoms with Gasteiger partial charge >= 0.3 is 0 Å². The predicted octanol–water partition coefficient (Wildman–Crippen LogP) is 4.55. The summed E-state index contributed by atoms with van der Waals surface area (Å²) in [6.45, 7) is 0. The van der Waals surface area contributed by atoms with Gasteiger partial charge in [0.15, 0.2) is 0 Å². The summed E-state index contributed by atoms with van der Waals surface area (Å²) in [5, 5.41) is 2.83. The fraction of sp³-hybridized carbons (Fsp3) is 0.111. The summed E-state index contributed by atoms with van der Waals surface area (Å²) in [7, 11) is 1.66. The van der Waals surface area contributed by atoms with Crippen LogP contribution in [0.4, 0.5) is 0 Å². The van der Waals surface area contributed by atoms with Crippen LogP contribution >= 0.6 is 11.6 Å². The minimum Gasteiger partial charge on any atom is -0.496 e. The van der Waals surface area contributed by atoms with Gasteiger partial charge in [-0.2, -0.15) is 0 Å². The van der Waals surface area contributed by atoms with Gasteiger partial charge in [0, 0.05) is 16.0 Å². The molecule has 2 nitrogen and oxygen atoms in total. The van der Waals surface area contributed by atoms with Gasteiger partial charge in [-0.15, -0.1) is 0 Å². The molecule has 0 aliphatic carbocycles. The number of benzene rings is 3. The molecule has 0 aromatic heterocycles. The molecule has 3 heteroatoms. The van der Waals surface area contributed by atoms with Crippen LogP contribution in [0.2, 0.25) is 5.02 Å². The largest absolute Gasteiger partial charge is 0.496 e. The molecule has 0 fully saturated rings. The first-order valence-corrected chi connectivity index (χ1v) is 7.16. The smallest absolute Gasteiger partial charge is 0.123 e. The molecule has 3 aromatic rings. The van der Waals surface area contributed by atoms with Gasteiger partial charge in [0.25, 0.3) is 0 Å². The first-order valence-electron chi connectivity index (χ1n) is 6.78. The third-order valence-electron chi connectivity index (χ3n) is 3.71. The fourth-order valence-electron chi connectivity index (χ4n) is 2.65. The lowest BCUT2D eigenvalue weighted by atomic mass is 9.94. The maximum absolute atomic E-state index is 6.49. The Morgan fingerprint density at radius 1 is 0.857 bits per heavy atom. The average molecular weight is 298 g/mol. The second-order valence-electron chi connectivity index (χ2n) is 4.90. The Bertz CT molecular complexity index is 785. The molecule has 0 heterocycles. The van der Waals surface area contributed by atoms with Gasteiger partial charge < -0.3 is 10.5 Å². The number of halogens is 1. The summed E-state index contributed by atoms with van der Waals surface area (Å²) in [4.78, 5) is 0. The summed E-state index contributed by atoms with van der Waals surface area (Å²) < 4.78 is 5.42. The molecule has 106 valence electrons. The molecule has 21 heavy (non-hydrogen) atoms. The van der Waals surface area contributed by atoms with Crippen molar-refractivity contribution >= 4 is 22.4 Å². The molecule has 3 aromatic carbocycles. The van der Waals surface area contributed by atoms with Gasteiger partial charge in [0.1, 0.15) is 5.75 Å². The minimum absolute atomic E-state index is 0.261. The van der Waals surface area contributed by atoms with E-state index in [1.807, 2.05) is 60.7 Å². The Kier molecular flexibility index (Phi) is 3.82. The van der Waals surface area contributed by atoms with Crippen molar-refractivity contribution in [3.8, 4) is 5.75 Å². The van der Waals surface area contributed by atoms with Crippen molar-refractivity contribution in [1.29, 1.82) is 0 Å². The minimum atomic E-state index is -0.261. The van der Waals surface area contributed by atoms with Crippen LogP contribution in [0.1, 0.15) is 17.2 Å². The topological polar surface area (TPSA) is 35.2 Å². The first-order chi connectivity index (χ1) is 10.2. The molecular weight excluding hydrogens is 282 g/mol. The van der Waals surface area contributed by atoms with Crippen molar-refractivity contribution < 1.29 is 4.74 Å². The van der Waals surface area contributed by atoms with Crippen LogP contribution in [0.3, 0.4) is 0 Å². The second-order valence-corrected chi connectivity index (χ2v) is 5.31. The molecule has 1 unspecified atom stereocenters. The van der Waals surface area contributed by atoms with E-state index >= 15 is 0 Å². The van der Waals surface area contributed by atoms with Crippen LogP contribution < -0.4 is 10.5 Å². The van der Waals surface area contributed by atoms with E-state index in [1.54, 1.807) is 7.11 Å². The lowest BCUT2D eigenvalue weighted by Crippen LogP contribution is -2.13. The van der Waals surface area contributed by atoms with E-state index in [-0.39, 0.29) is 6.04 Å². The van der Waals surface area contributed by atoms with Crippen LogP contribution in [0.5, 0.6) is 5.75 Å². The van der Waals surface area contributed by atoms with E-state index in [0.717, 1.165) is 32.7 Å². The lowest BCUT2D eigenvalue weighted by Gasteiger charge is -2.18. The third-order valence-corrected chi connectivity index (χ3v) is 4.04. The molecule has 0 bridgehead atoms. The molecule has 2 N–H and O–H groups in total. The summed E-state index contributed by atoms with van der Waals surface area (Å²) in [5.41, 5.74) is 8.49. The average Bonchev–Trinajstić information content (AvgIpc) is 2.55. The molecular formula is C18H16ClNO. The van der Waals surface area contributed by atoms with E-state index in [0.29, 0.717) is 0 Å². The van der Waals surface area contributed by atoms with Crippen molar-refractivity contribution in [2.45, 2.75) is 6.04 Å². The SMILES string of the molecule is COc1ccccc1C(N)c1ccc(Cl)c2ccccc12. The van der Waals surface area contributed by atoms with E-state index < -0.39 is 0 Å². The summed E-state index contributed by atoms with van der Waals surface area (Å²) in [6.07, 6.45) is 0. The lowest BCUT2D eigenvalue weighted by molar-refractivity contribution is 0.408. The van der Waals surface area contributed by atoms with Crippen LogP contribution in [-0.4, -0.2) is 7.11 Å². The van der Waals surface area contributed by atoms with Crippen LogP contribution in [0.25, 0.3) is 10.8 Å². The van der Waals surface area contributed by atoms with Crippen molar-refractivity contribution in [1.82, 2.24) is 0 Å². The molecule has 0 aliphatic rings. The van der Waals surface area contributed by atoms with Crippen molar-refractivity contribution in [3.05, 3.63) is 76.8 Å². The Hall–Kier alpha value is -2.03. The van der Waals surface area contributed by atoms with Gasteiger partial charge in [0.2, 0.25) is 0 Å². The molecule has 3 rings (SSSR count).